The van der Waals surface area contributed by atoms with Crippen LogP contribution in [0.2, 0.25) is 0 Å². The molecular formula is C16H30N4. The molecule has 20 heavy (non-hydrogen) atoms. The second kappa shape index (κ2) is 6.43. The Morgan fingerprint density at radius 1 is 1.15 bits per heavy atom. The maximum atomic E-state index is 9.76. The van der Waals surface area contributed by atoms with E-state index in [0.717, 1.165) is 32.7 Å². The van der Waals surface area contributed by atoms with Gasteiger partial charge in [0, 0.05) is 44.8 Å². The summed E-state index contributed by atoms with van der Waals surface area (Å²) in [7, 11) is 0. The number of hydrogen-bond acceptors (Lipinski definition) is 4. The van der Waals surface area contributed by atoms with Crippen LogP contribution in [0.5, 0.6) is 0 Å². The van der Waals surface area contributed by atoms with Crippen LogP contribution in [0, 0.1) is 17.2 Å². The molecule has 2 rings (SSSR count). The fourth-order valence-corrected chi connectivity index (χ4v) is 3.33. The van der Waals surface area contributed by atoms with Crippen LogP contribution in [0.1, 0.15) is 40.5 Å². The molecule has 2 fully saturated rings. The van der Waals surface area contributed by atoms with Gasteiger partial charge in [-0.2, -0.15) is 5.26 Å². The van der Waals surface area contributed by atoms with Gasteiger partial charge < -0.3 is 0 Å². The molecule has 1 heterocycles. The van der Waals surface area contributed by atoms with Crippen LogP contribution in [0.15, 0.2) is 0 Å². The van der Waals surface area contributed by atoms with Crippen LogP contribution in [-0.2, 0) is 0 Å². The molecule has 1 aliphatic carbocycles. The van der Waals surface area contributed by atoms with Crippen molar-refractivity contribution >= 4 is 0 Å². The fraction of sp³-hybridized carbons (Fsp3) is 0.938. The lowest BCUT2D eigenvalue weighted by Crippen LogP contribution is -2.59. The van der Waals surface area contributed by atoms with Crippen molar-refractivity contribution in [1.29, 1.82) is 5.26 Å². The minimum absolute atomic E-state index is 0.325. The molecule has 1 N–H and O–H groups in total. The summed E-state index contributed by atoms with van der Waals surface area (Å²) in [5.41, 5.74) is -0.325. The van der Waals surface area contributed by atoms with E-state index in [1.165, 1.54) is 12.8 Å². The third kappa shape index (κ3) is 3.72. The van der Waals surface area contributed by atoms with Crippen molar-refractivity contribution in [3.8, 4) is 6.07 Å². The molecule has 0 aromatic heterocycles. The van der Waals surface area contributed by atoms with E-state index in [2.05, 4.69) is 48.9 Å². The highest BCUT2D eigenvalue weighted by molar-refractivity contribution is 5.17. The normalized spacial score (nSPS) is 24.9. The van der Waals surface area contributed by atoms with E-state index in [1.807, 2.05) is 0 Å². The van der Waals surface area contributed by atoms with Gasteiger partial charge in [0.05, 0.1) is 6.07 Å². The number of nitrogens with one attached hydrogen (secondary N) is 1. The Bertz CT molecular complexity index is 348. The SMILES string of the molecule is CC(C)NC(C#N)(CN1CCN(C(C)C)CC1)C1CC1. The molecule has 1 unspecified atom stereocenters. The molecule has 1 saturated carbocycles. The Kier molecular flexibility index (Phi) is 5.06. The minimum Gasteiger partial charge on any atom is -0.298 e. The van der Waals surface area contributed by atoms with Gasteiger partial charge in [-0.15, -0.1) is 0 Å². The Balaban J connectivity index is 1.94. The van der Waals surface area contributed by atoms with Gasteiger partial charge in [-0.05, 0) is 46.5 Å². The summed E-state index contributed by atoms with van der Waals surface area (Å²) in [5.74, 6) is 0.554. The van der Waals surface area contributed by atoms with Gasteiger partial charge in [-0.25, -0.2) is 0 Å². The third-order valence-electron chi connectivity index (χ3n) is 4.63. The zero-order valence-electron chi connectivity index (χ0n) is 13.5. The average molecular weight is 278 g/mol. The molecule has 0 bridgehead atoms. The first-order chi connectivity index (χ1) is 9.47. The van der Waals surface area contributed by atoms with E-state index in [-0.39, 0.29) is 5.54 Å². The first-order valence-electron chi connectivity index (χ1n) is 8.12. The van der Waals surface area contributed by atoms with Crippen LogP contribution >= 0.6 is 0 Å². The number of piperazine rings is 1. The number of rotatable bonds is 6. The van der Waals surface area contributed by atoms with Crippen molar-refractivity contribution in [3.05, 3.63) is 0 Å². The lowest BCUT2D eigenvalue weighted by atomic mass is 9.92. The summed E-state index contributed by atoms with van der Waals surface area (Å²) in [6, 6.07) is 3.63. The second-order valence-electron chi connectivity index (χ2n) is 7.06. The quantitative estimate of drug-likeness (QED) is 0.803. The predicted octanol–water partition coefficient (Wildman–Crippen LogP) is 1.68. The van der Waals surface area contributed by atoms with E-state index in [9.17, 15) is 5.26 Å². The smallest absolute Gasteiger partial charge is 0.122 e. The van der Waals surface area contributed by atoms with Crippen LogP contribution in [0.25, 0.3) is 0 Å². The topological polar surface area (TPSA) is 42.3 Å². The standard InChI is InChI=1S/C16H30N4/c1-13(2)18-16(11-17,15-5-6-15)12-19-7-9-20(10-8-19)14(3)4/h13-15,18H,5-10,12H2,1-4H3. The van der Waals surface area contributed by atoms with Crippen LogP contribution in [0.3, 0.4) is 0 Å². The molecule has 0 radical (unpaired) electrons. The number of nitrogens with zero attached hydrogens (tertiary/aromatic N) is 3. The van der Waals surface area contributed by atoms with Gasteiger partial charge in [-0.3, -0.25) is 15.1 Å². The number of hydrogen-bond donors (Lipinski definition) is 1. The van der Waals surface area contributed by atoms with Crippen LogP contribution in [0.4, 0.5) is 0 Å². The van der Waals surface area contributed by atoms with Gasteiger partial charge in [0.1, 0.15) is 5.54 Å². The molecule has 114 valence electrons. The molecule has 0 amide bonds. The van der Waals surface area contributed by atoms with E-state index in [0.29, 0.717) is 18.0 Å². The Morgan fingerprint density at radius 3 is 2.15 bits per heavy atom. The molecule has 0 spiro atoms. The van der Waals surface area contributed by atoms with E-state index >= 15 is 0 Å². The Labute approximate surface area is 124 Å². The van der Waals surface area contributed by atoms with Crippen molar-refractivity contribution < 1.29 is 0 Å². The van der Waals surface area contributed by atoms with Gasteiger partial charge in [0.25, 0.3) is 0 Å². The lowest BCUT2D eigenvalue weighted by Gasteiger charge is -2.41. The monoisotopic (exact) mass is 278 g/mol. The highest BCUT2D eigenvalue weighted by Crippen LogP contribution is 2.40. The molecule has 1 atom stereocenters. The van der Waals surface area contributed by atoms with Crippen molar-refractivity contribution in [1.82, 2.24) is 15.1 Å². The zero-order chi connectivity index (χ0) is 14.8. The predicted molar refractivity (Wildman–Crippen MR) is 82.5 cm³/mol. The number of nitriles is 1. The summed E-state index contributed by atoms with van der Waals surface area (Å²) >= 11 is 0. The van der Waals surface area contributed by atoms with Crippen molar-refractivity contribution in [3.63, 3.8) is 0 Å². The molecule has 1 saturated heterocycles. The highest BCUT2D eigenvalue weighted by atomic mass is 15.3. The average Bonchev–Trinajstić information content (AvgIpc) is 3.22. The van der Waals surface area contributed by atoms with Gasteiger partial charge >= 0.3 is 0 Å². The largest absolute Gasteiger partial charge is 0.298 e. The second-order valence-corrected chi connectivity index (χ2v) is 7.06. The first kappa shape index (κ1) is 15.8. The lowest BCUT2D eigenvalue weighted by molar-refractivity contribution is 0.0872. The minimum atomic E-state index is -0.325. The maximum Gasteiger partial charge on any atom is 0.122 e. The summed E-state index contributed by atoms with van der Waals surface area (Å²) in [4.78, 5) is 5.01. The van der Waals surface area contributed by atoms with Gasteiger partial charge in [0.2, 0.25) is 0 Å². The molecular weight excluding hydrogens is 248 g/mol. The van der Waals surface area contributed by atoms with Crippen molar-refractivity contribution in [2.45, 2.75) is 58.2 Å². The van der Waals surface area contributed by atoms with Crippen molar-refractivity contribution in [2.24, 2.45) is 5.92 Å². The zero-order valence-corrected chi connectivity index (χ0v) is 13.5. The fourth-order valence-electron chi connectivity index (χ4n) is 3.33. The summed E-state index contributed by atoms with van der Waals surface area (Å²) < 4.78 is 0. The summed E-state index contributed by atoms with van der Waals surface area (Å²) in [6.45, 7) is 14.1. The van der Waals surface area contributed by atoms with E-state index in [1.54, 1.807) is 0 Å². The van der Waals surface area contributed by atoms with Crippen molar-refractivity contribution in [2.75, 3.05) is 32.7 Å². The van der Waals surface area contributed by atoms with Gasteiger partial charge in [-0.1, -0.05) is 0 Å². The van der Waals surface area contributed by atoms with Gasteiger partial charge in [0.15, 0.2) is 0 Å². The Hall–Kier alpha value is -0.630. The molecule has 2 aliphatic rings. The van der Waals surface area contributed by atoms with Crippen LogP contribution < -0.4 is 5.32 Å². The van der Waals surface area contributed by atoms with E-state index in [4.69, 9.17) is 0 Å². The maximum absolute atomic E-state index is 9.76. The Morgan fingerprint density at radius 2 is 1.75 bits per heavy atom. The molecule has 4 nitrogen and oxygen atoms in total. The third-order valence-corrected chi connectivity index (χ3v) is 4.63. The summed E-state index contributed by atoms with van der Waals surface area (Å²) in [5, 5.41) is 13.3. The molecule has 4 heteroatoms. The first-order valence-corrected chi connectivity index (χ1v) is 8.12. The molecule has 1 aliphatic heterocycles. The summed E-state index contributed by atoms with van der Waals surface area (Å²) in [6.07, 6.45) is 2.42. The highest BCUT2D eigenvalue weighted by Gasteiger charge is 2.47. The molecule has 0 aromatic rings. The van der Waals surface area contributed by atoms with Crippen LogP contribution in [-0.4, -0.2) is 60.1 Å². The molecule has 0 aromatic carbocycles. The van der Waals surface area contributed by atoms with E-state index < -0.39 is 0 Å².